The molecule has 0 bridgehead atoms. The summed E-state index contributed by atoms with van der Waals surface area (Å²) in [6.45, 7) is 3.34. The summed E-state index contributed by atoms with van der Waals surface area (Å²) in [6.07, 6.45) is 0. The van der Waals surface area contributed by atoms with Crippen LogP contribution in [0.15, 0.2) is 51.8 Å². The second-order valence-electron chi connectivity index (χ2n) is 5.38. The van der Waals surface area contributed by atoms with Gasteiger partial charge in [0.05, 0.1) is 10.5 Å². The topological polar surface area (TPSA) is 75.3 Å². The molecule has 0 spiro atoms. The molecule has 0 radical (unpaired) electrons. The summed E-state index contributed by atoms with van der Waals surface area (Å²) in [5, 5.41) is 2.53. The molecule has 0 aliphatic heterocycles. The van der Waals surface area contributed by atoms with Gasteiger partial charge in [0.15, 0.2) is 0 Å². The van der Waals surface area contributed by atoms with Gasteiger partial charge in [-0.15, -0.1) is 0 Å². The van der Waals surface area contributed by atoms with E-state index in [0.717, 1.165) is 22.7 Å². The lowest BCUT2D eigenvalue weighted by Crippen LogP contribution is -2.30. The molecule has 0 saturated heterocycles. The van der Waals surface area contributed by atoms with Crippen molar-refractivity contribution in [2.45, 2.75) is 24.8 Å². The molecule has 0 aliphatic rings. The smallest absolute Gasteiger partial charge is 0.258 e. The van der Waals surface area contributed by atoms with E-state index in [9.17, 15) is 17.6 Å². The molecule has 5 nitrogen and oxygen atoms in total. The molecule has 0 saturated carbocycles. The van der Waals surface area contributed by atoms with E-state index in [0.29, 0.717) is 5.69 Å². The summed E-state index contributed by atoms with van der Waals surface area (Å²) >= 11 is 3.27. The quantitative estimate of drug-likeness (QED) is 0.785. The van der Waals surface area contributed by atoms with E-state index >= 15 is 0 Å². The van der Waals surface area contributed by atoms with Crippen LogP contribution in [-0.2, 0) is 10.0 Å². The SMILES string of the molecule is CC(C)NS(=O)(=O)c1ccc(F)c(C(=O)Nc2ccc(Br)cc2)c1. The second-order valence-corrected chi connectivity index (χ2v) is 8.01. The lowest BCUT2D eigenvalue weighted by Gasteiger charge is -2.11. The molecular formula is C16H16BrFN2O3S. The van der Waals surface area contributed by atoms with Gasteiger partial charge < -0.3 is 5.32 Å². The van der Waals surface area contributed by atoms with Gasteiger partial charge in [0, 0.05) is 16.2 Å². The van der Waals surface area contributed by atoms with Crippen LogP contribution in [0.2, 0.25) is 0 Å². The van der Waals surface area contributed by atoms with Gasteiger partial charge in [0.2, 0.25) is 10.0 Å². The fourth-order valence-electron chi connectivity index (χ4n) is 1.96. The lowest BCUT2D eigenvalue weighted by molar-refractivity contribution is 0.102. The van der Waals surface area contributed by atoms with Gasteiger partial charge >= 0.3 is 0 Å². The number of halogens is 2. The highest BCUT2D eigenvalue weighted by atomic mass is 79.9. The Morgan fingerprint density at radius 2 is 1.75 bits per heavy atom. The minimum absolute atomic E-state index is 0.168. The molecule has 0 aliphatic carbocycles. The Labute approximate surface area is 148 Å². The van der Waals surface area contributed by atoms with E-state index in [1.807, 2.05) is 0 Å². The fourth-order valence-corrected chi connectivity index (χ4v) is 3.50. The molecule has 0 fully saturated rings. The molecule has 2 aromatic rings. The Balaban J connectivity index is 2.31. The maximum absolute atomic E-state index is 14.0. The number of hydrogen-bond donors (Lipinski definition) is 2. The van der Waals surface area contributed by atoms with Crippen molar-refractivity contribution in [3.05, 3.63) is 58.3 Å². The van der Waals surface area contributed by atoms with Crippen LogP contribution < -0.4 is 10.0 Å². The highest BCUT2D eigenvalue weighted by Crippen LogP contribution is 2.19. The van der Waals surface area contributed by atoms with E-state index in [2.05, 4.69) is 26.0 Å². The van der Waals surface area contributed by atoms with Crippen LogP contribution in [-0.4, -0.2) is 20.4 Å². The molecular weight excluding hydrogens is 399 g/mol. The largest absolute Gasteiger partial charge is 0.322 e. The Bertz CT molecular complexity index is 852. The molecule has 0 aromatic heterocycles. The third-order valence-electron chi connectivity index (χ3n) is 2.99. The number of anilines is 1. The van der Waals surface area contributed by atoms with Gasteiger partial charge in [-0.2, -0.15) is 0 Å². The number of benzene rings is 2. The summed E-state index contributed by atoms with van der Waals surface area (Å²) < 4.78 is 41.5. The van der Waals surface area contributed by atoms with Crippen LogP contribution in [0.1, 0.15) is 24.2 Å². The highest BCUT2D eigenvalue weighted by molar-refractivity contribution is 9.10. The number of rotatable bonds is 5. The number of nitrogens with one attached hydrogen (secondary N) is 2. The fraction of sp³-hybridized carbons (Fsp3) is 0.188. The van der Waals surface area contributed by atoms with E-state index in [-0.39, 0.29) is 16.5 Å². The predicted octanol–water partition coefficient (Wildman–Crippen LogP) is 3.53. The van der Waals surface area contributed by atoms with Gasteiger partial charge in [-0.3, -0.25) is 4.79 Å². The first-order valence-electron chi connectivity index (χ1n) is 7.08. The third-order valence-corrected chi connectivity index (χ3v) is 5.17. The number of hydrogen-bond acceptors (Lipinski definition) is 3. The Hall–Kier alpha value is -1.77. The van der Waals surface area contributed by atoms with Gasteiger partial charge in [-0.25, -0.2) is 17.5 Å². The van der Waals surface area contributed by atoms with Crippen molar-refractivity contribution < 1.29 is 17.6 Å². The average Bonchev–Trinajstić information content (AvgIpc) is 2.48. The molecule has 8 heteroatoms. The molecule has 128 valence electrons. The molecule has 2 aromatic carbocycles. The molecule has 2 rings (SSSR count). The van der Waals surface area contributed by atoms with Crippen LogP contribution >= 0.6 is 15.9 Å². The molecule has 0 atom stereocenters. The van der Waals surface area contributed by atoms with E-state index in [1.54, 1.807) is 38.1 Å². The van der Waals surface area contributed by atoms with E-state index in [4.69, 9.17) is 0 Å². The zero-order chi connectivity index (χ0) is 17.9. The van der Waals surface area contributed by atoms with Crippen molar-refractivity contribution in [2.24, 2.45) is 0 Å². The van der Waals surface area contributed by atoms with Crippen molar-refractivity contribution in [1.29, 1.82) is 0 Å². The standard InChI is InChI=1S/C16H16BrFN2O3S/c1-10(2)20-24(22,23)13-7-8-15(18)14(9-13)16(21)19-12-5-3-11(17)4-6-12/h3-10,20H,1-2H3,(H,19,21). The maximum atomic E-state index is 14.0. The highest BCUT2D eigenvalue weighted by Gasteiger charge is 2.20. The van der Waals surface area contributed by atoms with Crippen molar-refractivity contribution in [2.75, 3.05) is 5.32 Å². The maximum Gasteiger partial charge on any atom is 0.258 e. The number of amides is 1. The van der Waals surface area contributed by atoms with Crippen LogP contribution in [0.25, 0.3) is 0 Å². The van der Waals surface area contributed by atoms with Crippen LogP contribution in [0, 0.1) is 5.82 Å². The molecule has 2 N–H and O–H groups in total. The summed E-state index contributed by atoms with van der Waals surface area (Å²) in [6, 6.07) is 9.51. The predicted molar refractivity (Wildman–Crippen MR) is 94.0 cm³/mol. The third kappa shape index (κ3) is 4.62. The molecule has 0 unspecified atom stereocenters. The van der Waals surface area contributed by atoms with Crippen molar-refractivity contribution in [3.63, 3.8) is 0 Å². The Kier molecular flexibility index (Phi) is 5.74. The van der Waals surface area contributed by atoms with Crippen LogP contribution in [0.5, 0.6) is 0 Å². The number of carbonyl (C=O) groups excluding carboxylic acids is 1. The second kappa shape index (κ2) is 7.42. The van der Waals surface area contributed by atoms with Crippen molar-refractivity contribution in [3.8, 4) is 0 Å². The van der Waals surface area contributed by atoms with E-state index in [1.165, 1.54) is 0 Å². The van der Waals surface area contributed by atoms with Gasteiger partial charge in [-0.05, 0) is 56.3 Å². The summed E-state index contributed by atoms with van der Waals surface area (Å²) in [5.74, 6) is -1.52. The first-order chi connectivity index (χ1) is 11.2. The summed E-state index contributed by atoms with van der Waals surface area (Å²) in [7, 11) is -3.81. The average molecular weight is 415 g/mol. The van der Waals surface area contributed by atoms with Crippen LogP contribution in [0.4, 0.5) is 10.1 Å². The summed E-state index contributed by atoms with van der Waals surface area (Å²) in [5.41, 5.74) is 0.126. The van der Waals surface area contributed by atoms with Gasteiger partial charge in [0.1, 0.15) is 5.82 Å². The number of sulfonamides is 1. The van der Waals surface area contributed by atoms with Gasteiger partial charge in [-0.1, -0.05) is 15.9 Å². The van der Waals surface area contributed by atoms with Crippen LogP contribution in [0.3, 0.4) is 0 Å². The lowest BCUT2D eigenvalue weighted by atomic mass is 10.2. The van der Waals surface area contributed by atoms with Crippen molar-refractivity contribution in [1.82, 2.24) is 4.72 Å². The van der Waals surface area contributed by atoms with E-state index < -0.39 is 21.7 Å². The summed E-state index contributed by atoms with van der Waals surface area (Å²) in [4.78, 5) is 12.1. The normalized spacial score (nSPS) is 11.5. The van der Waals surface area contributed by atoms with Crippen molar-refractivity contribution >= 4 is 37.5 Å². The molecule has 1 amide bonds. The Morgan fingerprint density at radius 1 is 1.12 bits per heavy atom. The zero-order valence-corrected chi connectivity index (χ0v) is 15.4. The Morgan fingerprint density at radius 3 is 2.33 bits per heavy atom. The number of carbonyl (C=O) groups is 1. The first kappa shape index (κ1) is 18.6. The first-order valence-corrected chi connectivity index (χ1v) is 9.35. The monoisotopic (exact) mass is 414 g/mol. The van der Waals surface area contributed by atoms with Gasteiger partial charge in [0.25, 0.3) is 5.91 Å². The zero-order valence-electron chi connectivity index (χ0n) is 13.0. The minimum atomic E-state index is -3.81. The minimum Gasteiger partial charge on any atom is -0.322 e. The molecule has 0 heterocycles. The molecule has 24 heavy (non-hydrogen) atoms.